The average molecular weight is 261 g/mol. The Kier molecular flexibility index (Phi) is 2.29. The van der Waals surface area contributed by atoms with Gasteiger partial charge in [0, 0.05) is 0 Å². The van der Waals surface area contributed by atoms with Crippen LogP contribution < -0.4 is 0 Å². The number of fused-ring (bicyclic) bond motifs is 2. The molecule has 0 N–H and O–H groups in total. The minimum atomic E-state index is 0.516. The number of rotatable bonds is 1. The molecule has 4 heteroatoms. The lowest BCUT2D eigenvalue weighted by atomic mass is 10.2. The molecule has 0 spiro atoms. The van der Waals surface area contributed by atoms with Crippen LogP contribution in [-0.2, 0) is 0 Å². The third kappa shape index (κ3) is 1.66. The molecule has 0 atom stereocenters. The Morgan fingerprint density at radius 2 is 1.40 bits per heavy atom. The summed E-state index contributed by atoms with van der Waals surface area (Å²) in [6, 6.07) is 15.5. The van der Waals surface area contributed by atoms with Gasteiger partial charge in [-0.25, -0.2) is 15.0 Å². The molecular weight excluding hydrogens is 250 g/mol. The van der Waals surface area contributed by atoms with Crippen LogP contribution in [0.25, 0.3) is 33.7 Å². The molecule has 96 valence electrons. The van der Waals surface area contributed by atoms with Crippen molar-refractivity contribution in [3.05, 3.63) is 54.2 Å². The van der Waals surface area contributed by atoms with Gasteiger partial charge in [-0.2, -0.15) is 0 Å². The molecule has 2 aromatic heterocycles. The van der Waals surface area contributed by atoms with E-state index in [2.05, 4.69) is 15.0 Å². The summed E-state index contributed by atoms with van der Waals surface area (Å²) in [4.78, 5) is 13.7. The van der Waals surface area contributed by atoms with Gasteiger partial charge in [0.25, 0.3) is 0 Å². The van der Waals surface area contributed by atoms with E-state index >= 15 is 0 Å². The maximum absolute atomic E-state index is 5.77. The molecule has 2 heterocycles. The molecule has 2 aromatic carbocycles. The highest BCUT2D eigenvalue weighted by Gasteiger charge is 2.13. The van der Waals surface area contributed by atoms with Crippen molar-refractivity contribution in [3.8, 4) is 11.6 Å². The topological polar surface area (TPSA) is 51.8 Å². The summed E-state index contributed by atoms with van der Waals surface area (Å²) in [6.07, 6.45) is 0. The number of para-hydroxylation sites is 4. The van der Waals surface area contributed by atoms with Crippen molar-refractivity contribution < 1.29 is 4.42 Å². The Balaban J connectivity index is 1.98. The zero-order chi connectivity index (χ0) is 13.5. The zero-order valence-electron chi connectivity index (χ0n) is 10.9. The van der Waals surface area contributed by atoms with Crippen LogP contribution >= 0.6 is 0 Å². The van der Waals surface area contributed by atoms with Crippen LogP contribution in [0.1, 0.15) is 5.69 Å². The fourth-order valence-corrected chi connectivity index (χ4v) is 2.26. The molecule has 4 rings (SSSR count). The Morgan fingerprint density at radius 3 is 2.15 bits per heavy atom. The standard InChI is InChI=1S/C16H11N3O/c1-10-15(18-12-7-3-2-6-11(12)17-10)16-19-13-8-4-5-9-14(13)20-16/h2-9H,1H3. The van der Waals surface area contributed by atoms with E-state index in [1.807, 2.05) is 55.5 Å². The van der Waals surface area contributed by atoms with Crippen LogP contribution in [0.4, 0.5) is 0 Å². The highest BCUT2D eigenvalue weighted by atomic mass is 16.3. The fraction of sp³-hybridized carbons (Fsp3) is 0.0625. The predicted octanol–water partition coefficient (Wildman–Crippen LogP) is 3.75. The Bertz CT molecular complexity index is 894. The molecule has 4 nitrogen and oxygen atoms in total. The van der Waals surface area contributed by atoms with Crippen LogP contribution in [0.15, 0.2) is 52.9 Å². The number of nitrogens with zero attached hydrogens (tertiary/aromatic N) is 3. The molecule has 0 unspecified atom stereocenters. The summed E-state index contributed by atoms with van der Waals surface area (Å²) >= 11 is 0. The summed E-state index contributed by atoms with van der Waals surface area (Å²) in [6.45, 7) is 1.92. The Labute approximate surface area is 115 Å². The summed E-state index contributed by atoms with van der Waals surface area (Å²) in [5.74, 6) is 0.516. The Hall–Kier alpha value is -2.75. The first kappa shape index (κ1) is 11.1. The van der Waals surface area contributed by atoms with Gasteiger partial charge < -0.3 is 4.42 Å². The van der Waals surface area contributed by atoms with E-state index in [9.17, 15) is 0 Å². The molecule has 0 amide bonds. The SMILES string of the molecule is Cc1nc2ccccc2nc1-c1nc2ccccc2o1. The molecular formula is C16H11N3O. The lowest BCUT2D eigenvalue weighted by molar-refractivity contribution is 0.616. The third-order valence-corrected chi connectivity index (χ3v) is 3.24. The lowest BCUT2D eigenvalue weighted by Gasteiger charge is -2.02. The molecule has 0 aliphatic heterocycles. The van der Waals surface area contributed by atoms with E-state index < -0.39 is 0 Å². The van der Waals surface area contributed by atoms with Crippen LogP contribution in [0.5, 0.6) is 0 Å². The smallest absolute Gasteiger partial charge is 0.248 e. The molecule has 0 aliphatic rings. The average Bonchev–Trinajstić information content (AvgIpc) is 2.90. The van der Waals surface area contributed by atoms with Crippen LogP contribution in [-0.4, -0.2) is 15.0 Å². The van der Waals surface area contributed by atoms with Gasteiger partial charge in [0.2, 0.25) is 5.89 Å². The minimum absolute atomic E-state index is 0.516. The van der Waals surface area contributed by atoms with Gasteiger partial charge in [0.15, 0.2) is 5.58 Å². The number of aryl methyl sites for hydroxylation is 1. The number of hydrogen-bond acceptors (Lipinski definition) is 4. The van der Waals surface area contributed by atoms with Gasteiger partial charge in [-0.1, -0.05) is 24.3 Å². The fourth-order valence-electron chi connectivity index (χ4n) is 2.26. The van der Waals surface area contributed by atoms with E-state index in [1.54, 1.807) is 0 Å². The van der Waals surface area contributed by atoms with Gasteiger partial charge in [-0.15, -0.1) is 0 Å². The molecule has 0 radical (unpaired) electrons. The van der Waals surface area contributed by atoms with Crippen molar-refractivity contribution in [1.29, 1.82) is 0 Å². The second-order valence-electron chi connectivity index (χ2n) is 4.63. The van der Waals surface area contributed by atoms with Gasteiger partial charge in [0.1, 0.15) is 11.2 Å². The lowest BCUT2D eigenvalue weighted by Crippen LogP contribution is -1.94. The second-order valence-corrected chi connectivity index (χ2v) is 4.63. The number of aromatic nitrogens is 3. The largest absolute Gasteiger partial charge is 0.435 e. The van der Waals surface area contributed by atoms with Crippen LogP contribution in [0, 0.1) is 6.92 Å². The van der Waals surface area contributed by atoms with E-state index in [0.29, 0.717) is 11.6 Å². The van der Waals surface area contributed by atoms with Gasteiger partial charge in [-0.3, -0.25) is 0 Å². The molecule has 0 aliphatic carbocycles. The molecule has 0 saturated carbocycles. The molecule has 0 saturated heterocycles. The zero-order valence-corrected chi connectivity index (χ0v) is 10.9. The quantitative estimate of drug-likeness (QED) is 0.523. The molecule has 0 bridgehead atoms. The normalized spacial score (nSPS) is 11.2. The number of benzene rings is 2. The van der Waals surface area contributed by atoms with Crippen LogP contribution in [0.3, 0.4) is 0 Å². The highest BCUT2D eigenvalue weighted by Crippen LogP contribution is 2.25. The minimum Gasteiger partial charge on any atom is -0.435 e. The first-order chi connectivity index (χ1) is 9.81. The summed E-state index contributed by atoms with van der Waals surface area (Å²) in [7, 11) is 0. The van der Waals surface area contributed by atoms with E-state index in [-0.39, 0.29) is 0 Å². The van der Waals surface area contributed by atoms with Crippen LogP contribution in [0.2, 0.25) is 0 Å². The van der Waals surface area contributed by atoms with Crippen molar-refractivity contribution >= 4 is 22.1 Å². The summed E-state index contributed by atoms with van der Waals surface area (Å²) in [5.41, 5.74) is 4.82. The van der Waals surface area contributed by atoms with Crippen molar-refractivity contribution in [3.63, 3.8) is 0 Å². The maximum atomic E-state index is 5.77. The monoisotopic (exact) mass is 261 g/mol. The highest BCUT2D eigenvalue weighted by molar-refractivity contribution is 5.79. The summed E-state index contributed by atoms with van der Waals surface area (Å²) in [5, 5.41) is 0. The predicted molar refractivity (Wildman–Crippen MR) is 77.3 cm³/mol. The maximum Gasteiger partial charge on any atom is 0.248 e. The van der Waals surface area contributed by atoms with Gasteiger partial charge in [-0.05, 0) is 31.2 Å². The first-order valence-electron chi connectivity index (χ1n) is 6.40. The van der Waals surface area contributed by atoms with E-state index in [1.165, 1.54) is 0 Å². The van der Waals surface area contributed by atoms with Crippen molar-refractivity contribution in [2.45, 2.75) is 6.92 Å². The van der Waals surface area contributed by atoms with Crippen molar-refractivity contribution in [2.24, 2.45) is 0 Å². The molecule has 20 heavy (non-hydrogen) atoms. The Morgan fingerprint density at radius 1 is 0.750 bits per heavy atom. The number of oxazole rings is 1. The first-order valence-corrected chi connectivity index (χ1v) is 6.40. The van der Waals surface area contributed by atoms with Gasteiger partial charge >= 0.3 is 0 Å². The second kappa shape index (κ2) is 4.13. The van der Waals surface area contributed by atoms with Gasteiger partial charge in [0.05, 0.1) is 16.7 Å². The van der Waals surface area contributed by atoms with Crippen molar-refractivity contribution in [1.82, 2.24) is 15.0 Å². The van der Waals surface area contributed by atoms with Crippen molar-refractivity contribution in [2.75, 3.05) is 0 Å². The number of hydrogen-bond donors (Lipinski definition) is 0. The summed E-state index contributed by atoms with van der Waals surface area (Å²) < 4.78 is 5.77. The molecule has 4 aromatic rings. The third-order valence-electron chi connectivity index (χ3n) is 3.24. The van der Waals surface area contributed by atoms with E-state index in [0.717, 1.165) is 27.8 Å². The van der Waals surface area contributed by atoms with E-state index in [4.69, 9.17) is 4.42 Å². The molecule has 0 fully saturated rings.